The zero-order valence-electron chi connectivity index (χ0n) is 13.4. The molecule has 0 aromatic carbocycles. The predicted octanol–water partition coefficient (Wildman–Crippen LogP) is 2.28. The van der Waals surface area contributed by atoms with Crippen molar-refractivity contribution in [3.8, 4) is 0 Å². The number of nitrogens with zero attached hydrogens (tertiary/aromatic N) is 1. The van der Waals surface area contributed by atoms with Gasteiger partial charge in [0.2, 0.25) is 5.91 Å². The molecule has 0 aliphatic heterocycles. The molecule has 0 saturated heterocycles. The van der Waals surface area contributed by atoms with Gasteiger partial charge in [-0.2, -0.15) is 13.2 Å². The van der Waals surface area contributed by atoms with Crippen LogP contribution in [0.5, 0.6) is 0 Å². The molecule has 0 spiro atoms. The van der Waals surface area contributed by atoms with E-state index < -0.39 is 31.2 Å². The molecule has 0 fully saturated rings. The van der Waals surface area contributed by atoms with Crippen molar-refractivity contribution in [2.24, 2.45) is 0 Å². The summed E-state index contributed by atoms with van der Waals surface area (Å²) in [5, 5.41) is 4.83. The van der Waals surface area contributed by atoms with Crippen molar-refractivity contribution in [3.63, 3.8) is 0 Å². The van der Waals surface area contributed by atoms with Gasteiger partial charge in [-0.3, -0.25) is 4.79 Å². The van der Waals surface area contributed by atoms with Crippen molar-refractivity contribution in [3.05, 3.63) is 23.2 Å². The molecule has 0 aliphatic rings. The molecule has 1 heterocycles. The Balaban J connectivity index is 2.45. The molecular formula is C14H20F3N3O3. The average molecular weight is 335 g/mol. The van der Waals surface area contributed by atoms with Gasteiger partial charge in [0.05, 0.1) is 12.6 Å². The molecule has 1 atom stereocenters. The maximum Gasteiger partial charge on any atom is 0.406 e. The number of aryl methyl sites for hydroxylation is 2. The summed E-state index contributed by atoms with van der Waals surface area (Å²) < 4.78 is 41.8. The number of hydrogen-bond acceptors (Lipinski definition) is 3. The average Bonchev–Trinajstić information content (AvgIpc) is 2.73. The lowest BCUT2D eigenvalue weighted by molar-refractivity contribution is -0.157. The number of alkyl halides is 3. The molecule has 2 N–H and O–H groups in total. The summed E-state index contributed by atoms with van der Waals surface area (Å²) in [6.45, 7) is 3.38. The number of amides is 3. The van der Waals surface area contributed by atoms with Gasteiger partial charge in [0.1, 0.15) is 18.1 Å². The highest BCUT2D eigenvalue weighted by atomic mass is 19.4. The van der Waals surface area contributed by atoms with Crippen molar-refractivity contribution in [1.82, 2.24) is 15.5 Å². The summed E-state index contributed by atoms with van der Waals surface area (Å²) >= 11 is 0. The van der Waals surface area contributed by atoms with E-state index in [-0.39, 0.29) is 6.04 Å². The molecule has 0 aliphatic carbocycles. The van der Waals surface area contributed by atoms with Gasteiger partial charge in [0.15, 0.2) is 0 Å². The van der Waals surface area contributed by atoms with E-state index in [2.05, 4.69) is 10.6 Å². The van der Waals surface area contributed by atoms with E-state index in [4.69, 9.17) is 4.42 Å². The van der Waals surface area contributed by atoms with Gasteiger partial charge in [-0.15, -0.1) is 0 Å². The Hall–Kier alpha value is -2.19. The van der Waals surface area contributed by atoms with E-state index in [9.17, 15) is 22.8 Å². The first-order valence-electron chi connectivity index (χ1n) is 6.91. The summed E-state index contributed by atoms with van der Waals surface area (Å²) in [6, 6.07) is 0.766. The lowest BCUT2D eigenvalue weighted by atomic mass is 10.1. The van der Waals surface area contributed by atoms with E-state index in [0.29, 0.717) is 16.4 Å². The molecular weight excluding hydrogens is 315 g/mol. The first-order chi connectivity index (χ1) is 10.5. The van der Waals surface area contributed by atoms with Crippen molar-refractivity contribution in [2.75, 3.05) is 20.1 Å². The van der Waals surface area contributed by atoms with E-state index in [1.807, 2.05) is 0 Å². The first kappa shape index (κ1) is 18.9. The van der Waals surface area contributed by atoms with Crippen LogP contribution in [0.4, 0.5) is 18.0 Å². The Morgan fingerprint density at radius 3 is 2.43 bits per heavy atom. The van der Waals surface area contributed by atoms with Gasteiger partial charge in [-0.25, -0.2) is 4.79 Å². The Morgan fingerprint density at radius 2 is 1.96 bits per heavy atom. The van der Waals surface area contributed by atoms with Crippen LogP contribution >= 0.6 is 0 Å². The van der Waals surface area contributed by atoms with E-state index in [1.165, 1.54) is 0 Å². The SMILES string of the molecule is Cc1cc([C@@H](C)NC(=O)NCC(=O)N(C)CC(F)(F)F)c(C)o1. The number of carbonyl (C=O) groups is 2. The molecule has 1 aromatic rings. The number of likely N-dealkylation sites (N-methyl/N-ethyl adjacent to an activating group) is 1. The van der Waals surface area contributed by atoms with Gasteiger partial charge in [-0.1, -0.05) is 0 Å². The fourth-order valence-corrected chi connectivity index (χ4v) is 2.05. The molecule has 130 valence electrons. The van der Waals surface area contributed by atoms with Crippen molar-refractivity contribution in [1.29, 1.82) is 0 Å². The maximum absolute atomic E-state index is 12.2. The van der Waals surface area contributed by atoms with Crippen molar-refractivity contribution >= 4 is 11.9 Å². The zero-order valence-corrected chi connectivity index (χ0v) is 13.4. The van der Waals surface area contributed by atoms with Crippen molar-refractivity contribution < 1.29 is 27.2 Å². The lowest BCUT2D eigenvalue weighted by Crippen LogP contribution is -2.45. The Labute approximate surface area is 132 Å². The van der Waals surface area contributed by atoms with Crippen LogP contribution in [-0.2, 0) is 4.79 Å². The molecule has 1 rings (SSSR count). The summed E-state index contributed by atoms with van der Waals surface area (Å²) in [6.07, 6.45) is -4.47. The fraction of sp³-hybridized carbons (Fsp3) is 0.571. The molecule has 0 radical (unpaired) electrons. The zero-order chi connectivity index (χ0) is 17.8. The first-order valence-corrected chi connectivity index (χ1v) is 6.91. The normalized spacial score (nSPS) is 12.7. The topological polar surface area (TPSA) is 74.6 Å². The molecule has 0 bridgehead atoms. The second-order valence-corrected chi connectivity index (χ2v) is 5.28. The number of hydrogen-bond donors (Lipinski definition) is 2. The molecule has 23 heavy (non-hydrogen) atoms. The second-order valence-electron chi connectivity index (χ2n) is 5.28. The minimum absolute atomic E-state index is 0.365. The second kappa shape index (κ2) is 7.38. The third-order valence-electron chi connectivity index (χ3n) is 3.14. The standard InChI is InChI=1S/C14H20F3N3O3/c1-8-5-11(10(3)23-8)9(2)19-13(22)18-6-12(21)20(4)7-14(15,16)17/h5,9H,6-7H2,1-4H3,(H2,18,19,22)/t9-/m1/s1. The summed E-state index contributed by atoms with van der Waals surface area (Å²) in [4.78, 5) is 23.7. The molecule has 0 unspecified atom stereocenters. The van der Waals surface area contributed by atoms with E-state index >= 15 is 0 Å². The maximum atomic E-state index is 12.2. The number of furan rings is 1. The number of carbonyl (C=O) groups excluding carboxylic acids is 2. The van der Waals surface area contributed by atoms with Crippen LogP contribution in [0.15, 0.2) is 10.5 Å². The fourth-order valence-electron chi connectivity index (χ4n) is 2.05. The van der Waals surface area contributed by atoms with Gasteiger partial charge in [-0.05, 0) is 26.8 Å². The van der Waals surface area contributed by atoms with Crippen LogP contribution in [0.1, 0.15) is 30.0 Å². The number of rotatable bonds is 5. The molecule has 9 heteroatoms. The Bertz CT molecular complexity index is 569. The van der Waals surface area contributed by atoms with Gasteiger partial charge < -0.3 is 20.0 Å². The number of nitrogens with one attached hydrogen (secondary N) is 2. The summed E-state index contributed by atoms with van der Waals surface area (Å²) in [5.74, 6) is 0.535. The quantitative estimate of drug-likeness (QED) is 0.867. The highest BCUT2D eigenvalue weighted by Gasteiger charge is 2.31. The highest BCUT2D eigenvalue weighted by molar-refractivity contribution is 5.84. The molecule has 3 amide bonds. The van der Waals surface area contributed by atoms with Crippen LogP contribution in [0, 0.1) is 13.8 Å². The Kier molecular flexibility index (Phi) is 6.05. The van der Waals surface area contributed by atoms with E-state index in [0.717, 1.165) is 12.6 Å². The number of urea groups is 1. The molecule has 0 saturated carbocycles. The monoisotopic (exact) mass is 335 g/mol. The third-order valence-corrected chi connectivity index (χ3v) is 3.14. The minimum Gasteiger partial charge on any atom is -0.466 e. The van der Waals surface area contributed by atoms with Gasteiger partial charge in [0.25, 0.3) is 0 Å². The predicted molar refractivity (Wildman–Crippen MR) is 76.8 cm³/mol. The van der Waals surface area contributed by atoms with Crippen LogP contribution < -0.4 is 10.6 Å². The third kappa shape index (κ3) is 6.21. The Morgan fingerprint density at radius 1 is 1.35 bits per heavy atom. The molecule has 6 nitrogen and oxygen atoms in total. The van der Waals surface area contributed by atoms with E-state index in [1.54, 1.807) is 26.8 Å². The molecule has 1 aromatic heterocycles. The van der Waals surface area contributed by atoms with Gasteiger partial charge in [0, 0.05) is 12.6 Å². The largest absolute Gasteiger partial charge is 0.466 e. The van der Waals surface area contributed by atoms with Gasteiger partial charge >= 0.3 is 12.2 Å². The van der Waals surface area contributed by atoms with Crippen molar-refractivity contribution in [2.45, 2.75) is 33.0 Å². The van der Waals surface area contributed by atoms with Crippen LogP contribution in [-0.4, -0.2) is 43.2 Å². The minimum atomic E-state index is -4.47. The van der Waals surface area contributed by atoms with Crippen LogP contribution in [0.2, 0.25) is 0 Å². The summed E-state index contributed by atoms with van der Waals surface area (Å²) in [5.41, 5.74) is 0.790. The smallest absolute Gasteiger partial charge is 0.406 e. The van der Waals surface area contributed by atoms with Crippen LogP contribution in [0.3, 0.4) is 0 Å². The van der Waals surface area contributed by atoms with Crippen LogP contribution in [0.25, 0.3) is 0 Å². The number of halogens is 3. The lowest BCUT2D eigenvalue weighted by Gasteiger charge is -2.19. The highest BCUT2D eigenvalue weighted by Crippen LogP contribution is 2.20. The summed E-state index contributed by atoms with van der Waals surface area (Å²) in [7, 11) is 1.02.